The summed E-state index contributed by atoms with van der Waals surface area (Å²) in [6.45, 7) is 3.49. The van der Waals surface area contributed by atoms with Gasteiger partial charge in [0, 0.05) is 12.0 Å². The molecule has 0 atom stereocenters. The van der Waals surface area contributed by atoms with Crippen molar-refractivity contribution in [3.63, 3.8) is 0 Å². The van der Waals surface area contributed by atoms with Gasteiger partial charge in [-0.3, -0.25) is 4.79 Å². The lowest BCUT2D eigenvalue weighted by atomic mass is 9.93. The van der Waals surface area contributed by atoms with Gasteiger partial charge in [-0.15, -0.1) is 0 Å². The van der Waals surface area contributed by atoms with Crippen LogP contribution in [-0.2, 0) is 11.3 Å². The summed E-state index contributed by atoms with van der Waals surface area (Å²) in [6, 6.07) is 16.7. The van der Waals surface area contributed by atoms with E-state index < -0.39 is 0 Å². The number of rotatable bonds is 6. The number of unbranched alkanes of at least 4 members (excludes halogenated alkanes) is 2. The van der Waals surface area contributed by atoms with Gasteiger partial charge < -0.3 is 10.6 Å². The Balaban J connectivity index is 1.99. The first-order chi connectivity index (χ1) is 12.7. The molecule has 3 heteroatoms. The van der Waals surface area contributed by atoms with Crippen LogP contribution >= 0.6 is 0 Å². The molecule has 0 aromatic heterocycles. The minimum atomic E-state index is 0.196. The molecule has 136 valence electrons. The molecule has 3 rings (SSSR count). The molecule has 2 N–H and O–H groups in total. The Morgan fingerprint density at radius 2 is 1.81 bits per heavy atom. The van der Waals surface area contributed by atoms with E-state index in [0.29, 0.717) is 19.5 Å². The van der Waals surface area contributed by atoms with E-state index >= 15 is 0 Å². The zero-order chi connectivity index (χ0) is 18.4. The fourth-order valence-electron chi connectivity index (χ4n) is 3.57. The number of benzene rings is 2. The summed E-state index contributed by atoms with van der Waals surface area (Å²) in [5.74, 6) is 0.196. The van der Waals surface area contributed by atoms with Crippen LogP contribution in [0.25, 0.3) is 11.6 Å². The van der Waals surface area contributed by atoms with E-state index in [0.717, 1.165) is 31.4 Å². The summed E-state index contributed by atoms with van der Waals surface area (Å²) in [7, 11) is 0. The number of allylic oxidation sites excluding steroid dienone is 1. The smallest absolute Gasteiger partial charge is 0.227 e. The SMILES string of the molecule is CC/C1=C/c2ccccc2CN(C(=O)CCCCCN)c2ccccc21. The molecule has 0 bridgehead atoms. The summed E-state index contributed by atoms with van der Waals surface area (Å²) < 4.78 is 0. The van der Waals surface area contributed by atoms with Gasteiger partial charge in [-0.25, -0.2) is 0 Å². The molecule has 1 aliphatic heterocycles. The molecule has 0 saturated carbocycles. The fourth-order valence-corrected chi connectivity index (χ4v) is 3.57. The summed E-state index contributed by atoms with van der Waals surface area (Å²) in [5.41, 5.74) is 11.4. The van der Waals surface area contributed by atoms with E-state index in [-0.39, 0.29) is 5.91 Å². The normalized spacial score (nSPS) is 15.3. The number of nitrogens with two attached hydrogens (primary N) is 1. The van der Waals surface area contributed by atoms with Crippen molar-refractivity contribution in [2.24, 2.45) is 5.73 Å². The standard InChI is InChI=1S/C23H28N2O/c1-2-18-16-19-10-5-6-11-20(19)17-25(22-13-8-7-12-21(18)22)23(26)14-4-3-9-15-24/h5-8,10-13,16H,2-4,9,14-15,17,24H2,1H3/b18-16-. The van der Waals surface area contributed by atoms with E-state index in [1.165, 1.54) is 22.3 Å². The summed E-state index contributed by atoms with van der Waals surface area (Å²) in [5, 5.41) is 0. The van der Waals surface area contributed by atoms with Crippen LogP contribution in [-0.4, -0.2) is 12.5 Å². The second-order valence-corrected chi connectivity index (χ2v) is 6.82. The number of amides is 1. The molecule has 0 unspecified atom stereocenters. The zero-order valence-corrected chi connectivity index (χ0v) is 15.6. The lowest BCUT2D eigenvalue weighted by Gasteiger charge is -2.29. The Bertz CT molecular complexity index is 794. The molecule has 0 spiro atoms. The highest BCUT2D eigenvalue weighted by Gasteiger charge is 2.22. The number of para-hydroxylation sites is 1. The van der Waals surface area contributed by atoms with Crippen LogP contribution in [0.5, 0.6) is 0 Å². The van der Waals surface area contributed by atoms with Crippen molar-refractivity contribution in [1.82, 2.24) is 0 Å². The highest BCUT2D eigenvalue weighted by Crippen LogP contribution is 2.35. The molecule has 3 nitrogen and oxygen atoms in total. The Morgan fingerprint density at radius 1 is 1.04 bits per heavy atom. The highest BCUT2D eigenvalue weighted by atomic mass is 16.2. The Kier molecular flexibility index (Phi) is 6.24. The maximum atomic E-state index is 13.1. The van der Waals surface area contributed by atoms with Crippen LogP contribution < -0.4 is 10.6 Å². The molecule has 26 heavy (non-hydrogen) atoms. The summed E-state index contributed by atoms with van der Waals surface area (Å²) >= 11 is 0. The van der Waals surface area contributed by atoms with Crippen molar-refractivity contribution >= 4 is 23.2 Å². The van der Waals surface area contributed by atoms with Crippen LogP contribution in [0.1, 0.15) is 55.7 Å². The number of hydrogen-bond donors (Lipinski definition) is 1. The molecule has 0 saturated heterocycles. The Hall–Kier alpha value is -2.39. The van der Waals surface area contributed by atoms with Crippen molar-refractivity contribution in [2.45, 2.75) is 45.6 Å². The predicted octanol–water partition coefficient (Wildman–Crippen LogP) is 5.00. The van der Waals surface area contributed by atoms with Gasteiger partial charge in [-0.1, -0.05) is 61.9 Å². The molecule has 0 fully saturated rings. The molecule has 1 aliphatic rings. The fraction of sp³-hybridized carbons (Fsp3) is 0.348. The van der Waals surface area contributed by atoms with Crippen molar-refractivity contribution in [3.8, 4) is 0 Å². The van der Waals surface area contributed by atoms with Gasteiger partial charge in [0.15, 0.2) is 0 Å². The average molecular weight is 348 g/mol. The highest BCUT2D eigenvalue weighted by molar-refractivity contribution is 5.99. The Labute approximate surface area is 156 Å². The average Bonchev–Trinajstić information content (AvgIpc) is 2.67. The Morgan fingerprint density at radius 3 is 2.62 bits per heavy atom. The molecule has 0 radical (unpaired) electrons. The first-order valence-electron chi connectivity index (χ1n) is 9.63. The largest absolute Gasteiger partial charge is 0.330 e. The molecule has 1 amide bonds. The first-order valence-corrected chi connectivity index (χ1v) is 9.63. The molecule has 2 aromatic carbocycles. The number of anilines is 1. The van der Waals surface area contributed by atoms with Crippen molar-refractivity contribution < 1.29 is 4.79 Å². The first kappa shape index (κ1) is 18.4. The third kappa shape index (κ3) is 4.05. The maximum absolute atomic E-state index is 13.1. The number of carbonyl (C=O) groups is 1. The van der Waals surface area contributed by atoms with Gasteiger partial charge in [0.05, 0.1) is 12.2 Å². The third-order valence-electron chi connectivity index (χ3n) is 5.03. The van der Waals surface area contributed by atoms with E-state index in [2.05, 4.69) is 55.5 Å². The molecular weight excluding hydrogens is 320 g/mol. The number of carbonyl (C=O) groups excluding carboxylic acids is 1. The minimum Gasteiger partial charge on any atom is -0.330 e. The summed E-state index contributed by atoms with van der Waals surface area (Å²) in [6.07, 6.45) is 6.67. The van der Waals surface area contributed by atoms with Crippen LogP contribution in [0, 0.1) is 0 Å². The zero-order valence-electron chi connectivity index (χ0n) is 15.6. The van der Waals surface area contributed by atoms with E-state index in [4.69, 9.17) is 5.73 Å². The third-order valence-corrected chi connectivity index (χ3v) is 5.03. The van der Waals surface area contributed by atoms with E-state index in [9.17, 15) is 4.79 Å². The number of nitrogens with zero attached hydrogens (tertiary/aromatic N) is 1. The molecule has 1 heterocycles. The minimum absolute atomic E-state index is 0.196. The van der Waals surface area contributed by atoms with Crippen LogP contribution in [0.3, 0.4) is 0 Å². The van der Waals surface area contributed by atoms with Crippen LogP contribution in [0.2, 0.25) is 0 Å². The van der Waals surface area contributed by atoms with E-state index in [1.807, 2.05) is 11.0 Å². The van der Waals surface area contributed by atoms with Crippen LogP contribution in [0.4, 0.5) is 5.69 Å². The lowest BCUT2D eigenvalue weighted by Crippen LogP contribution is -2.31. The van der Waals surface area contributed by atoms with Crippen molar-refractivity contribution in [1.29, 1.82) is 0 Å². The molecule has 2 aromatic rings. The quantitative estimate of drug-likeness (QED) is 0.747. The number of fused-ring (bicyclic) bond motifs is 2. The second-order valence-electron chi connectivity index (χ2n) is 6.82. The predicted molar refractivity (Wildman–Crippen MR) is 110 cm³/mol. The van der Waals surface area contributed by atoms with Crippen molar-refractivity contribution in [2.75, 3.05) is 11.4 Å². The van der Waals surface area contributed by atoms with E-state index in [1.54, 1.807) is 0 Å². The van der Waals surface area contributed by atoms with Crippen LogP contribution in [0.15, 0.2) is 48.5 Å². The van der Waals surface area contributed by atoms with Gasteiger partial charge in [0.2, 0.25) is 5.91 Å². The van der Waals surface area contributed by atoms with Gasteiger partial charge in [0.25, 0.3) is 0 Å². The second kappa shape index (κ2) is 8.81. The van der Waals surface area contributed by atoms with Crippen molar-refractivity contribution in [3.05, 3.63) is 65.2 Å². The topological polar surface area (TPSA) is 46.3 Å². The molecular formula is C23H28N2O. The monoisotopic (exact) mass is 348 g/mol. The summed E-state index contributed by atoms with van der Waals surface area (Å²) in [4.78, 5) is 15.0. The maximum Gasteiger partial charge on any atom is 0.227 e. The lowest BCUT2D eigenvalue weighted by molar-refractivity contribution is -0.118. The number of hydrogen-bond acceptors (Lipinski definition) is 2. The van der Waals surface area contributed by atoms with Gasteiger partial charge in [0.1, 0.15) is 0 Å². The van der Waals surface area contributed by atoms with Gasteiger partial charge in [-0.05, 0) is 48.6 Å². The van der Waals surface area contributed by atoms with Gasteiger partial charge >= 0.3 is 0 Å². The molecule has 0 aliphatic carbocycles. The van der Waals surface area contributed by atoms with Gasteiger partial charge in [-0.2, -0.15) is 0 Å².